The van der Waals surface area contributed by atoms with E-state index in [1.165, 1.54) is 22.3 Å². The lowest BCUT2D eigenvalue weighted by molar-refractivity contribution is 0.409. The fourth-order valence-electron chi connectivity index (χ4n) is 5.47. The standard InChI is InChI=1S/C32H36N2/c33-25-31(27-15-5-1-6-16-27,28-17-7-2-8-18-28)23-13-14-24-32(26-34,29-19-9-3-10-20-29)30-21-11-4-12-22-30/h1-12,15-22H,13-14,23-26,33-34H2. The van der Waals surface area contributed by atoms with Gasteiger partial charge in [0.05, 0.1) is 0 Å². The molecule has 0 aliphatic rings. The van der Waals surface area contributed by atoms with Crippen molar-refractivity contribution >= 4 is 0 Å². The summed E-state index contributed by atoms with van der Waals surface area (Å²) in [6.07, 6.45) is 4.15. The molecular formula is C32H36N2. The molecule has 4 rings (SSSR count). The third kappa shape index (κ3) is 4.84. The van der Waals surface area contributed by atoms with Gasteiger partial charge >= 0.3 is 0 Å². The number of rotatable bonds is 11. The SMILES string of the molecule is NCC(CCCCC(CN)(c1ccccc1)c1ccccc1)(c1ccccc1)c1ccccc1. The second-order valence-electron chi connectivity index (χ2n) is 9.24. The van der Waals surface area contributed by atoms with Crippen LogP contribution in [0.2, 0.25) is 0 Å². The Labute approximate surface area is 204 Å². The van der Waals surface area contributed by atoms with E-state index in [0.717, 1.165) is 25.7 Å². The van der Waals surface area contributed by atoms with Gasteiger partial charge in [-0.25, -0.2) is 0 Å². The molecule has 0 saturated heterocycles. The van der Waals surface area contributed by atoms with Crippen molar-refractivity contribution in [3.8, 4) is 0 Å². The van der Waals surface area contributed by atoms with Crippen LogP contribution in [0.3, 0.4) is 0 Å². The van der Waals surface area contributed by atoms with Crippen molar-refractivity contribution in [3.05, 3.63) is 144 Å². The molecule has 0 aromatic heterocycles. The van der Waals surface area contributed by atoms with E-state index < -0.39 is 0 Å². The van der Waals surface area contributed by atoms with E-state index >= 15 is 0 Å². The lowest BCUT2D eigenvalue weighted by Crippen LogP contribution is -2.38. The largest absolute Gasteiger partial charge is 0.329 e. The Balaban J connectivity index is 1.60. The van der Waals surface area contributed by atoms with E-state index in [0.29, 0.717) is 13.1 Å². The molecule has 0 bridgehead atoms. The number of unbranched alkanes of at least 4 members (excludes halogenated alkanes) is 1. The topological polar surface area (TPSA) is 52.0 Å². The number of hydrogen-bond donors (Lipinski definition) is 2. The summed E-state index contributed by atoms with van der Waals surface area (Å²) in [4.78, 5) is 0. The van der Waals surface area contributed by atoms with Crippen LogP contribution < -0.4 is 11.5 Å². The molecule has 34 heavy (non-hydrogen) atoms. The molecule has 0 aliphatic carbocycles. The van der Waals surface area contributed by atoms with Gasteiger partial charge in [-0.05, 0) is 35.1 Å². The van der Waals surface area contributed by atoms with Crippen molar-refractivity contribution in [1.82, 2.24) is 0 Å². The molecule has 0 fully saturated rings. The van der Waals surface area contributed by atoms with Crippen LogP contribution >= 0.6 is 0 Å². The minimum atomic E-state index is -0.187. The molecule has 2 heteroatoms. The van der Waals surface area contributed by atoms with Gasteiger partial charge in [0.15, 0.2) is 0 Å². The Morgan fingerprint density at radius 3 is 0.824 bits per heavy atom. The molecule has 0 aliphatic heterocycles. The van der Waals surface area contributed by atoms with Crippen LogP contribution in [0.1, 0.15) is 47.9 Å². The lowest BCUT2D eigenvalue weighted by Gasteiger charge is -2.36. The molecule has 0 unspecified atom stereocenters. The molecule has 4 aromatic carbocycles. The van der Waals surface area contributed by atoms with Gasteiger partial charge in [0, 0.05) is 23.9 Å². The first kappa shape index (κ1) is 23.9. The molecule has 0 spiro atoms. The van der Waals surface area contributed by atoms with Gasteiger partial charge in [0.2, 0.25) is 0 Å². The summed E-state index contributed by atoms with van der Waals surface area (Å²) in [6.45, 7) is 1.17. The van der Waals surface area contributed by atoms with E-state index in [-0.39, 0.29) is 10.8 Å². The maximum absolute atomic E-state index is 6.53. The molecule has 174 valence electrons. The molecule has 0 atom stereocenters. The summed E-state index contributed by atoms with van der Waals surface area (Å²) in [6, 6.07) is 43.0. The lowest BCUT2D eigenvalue weighted by atomic mass is 9.68. The highest BCUT2D eigenvalue weighted by Gasteiger charge is 2.35. The van der Waals surface area contributed by atoms with E-state index in [9.17, 15) is 0 Å². The molecule has 0 amide bonds. The predicted octanol–water partition coefficient (Wildman–Crippen LogP) is 6.44. The van der Waals surface area contributed by atoms with Crippen LogP contribution in [-0.4, -0.2) is 13.1 Å². The smallest absolute Gasteiger partial charge is 0.0325 e. The highest BCUT2D eigenvalue weighted by molar-refractivity contribution is 5.41. The second kappa shape index (κ2) is 11.3. The Bertz CT molecular complexity index is 937. The number of benzene rings is 4. The minimum absolute atomic E-state index is 0.187. The Morgan fingerprint density at radius 2 is 0.618 bits per heavy atom. The highest BCUT2D eigenvalue weighted by atomic mass is 14.6. The van der Waals surface area contributed by atoms with Crippen LogP contribution in [0.4, 0.5) is 0 Å². The summed E-state index contributed by atoms with van der Waals surface area (Å²) in [7, 11) is 0. The Kier molecular flexibility index (Phi) is 7.95. The van der Waals surface area contributed by atoms with Crippen LogP contribution in [0.15, 0.2) is 121 Å². The van der Waals surface area contributed by atoms with Gasteiger partial charge in [-0.2, -0.15) is 0 Å². The average molecular weight is 449 g/mol. The van der Waals surface area contributed by atoms with E-state index in [4.69, 9.17) is 11.5 Å². The van der Waals surface area contributed by atoms with Gasteiger partial charge in [-0.3, -0.25) is 0 Å². The van der Waals surface area contributed by atoms with Crippen molar-refractivity contribution in [2.45, 2.75) is 36.5 Å². The molecule has 4 aromatic rings. The maximum Gasteiger partial charge on any atom is 0.0325 e. The van der Waals surface area contributed by atoms with Gasteiger partial charge in [-0.15, -0.1) is 0 Å². The molecule has 2 nitrogen and oxygen atoms in total. The fourth-order valence-corrected chi connectivity index (χ4v) is 5.47. The second-order valence-corrected chi connectivity index (χ2v) is 9.24. The van der Waals surface area contributed by atoms with Gasteiger partial charge < -0.3 is 11.5 Å². The zero-order valence-corrected chi connectivity index (χ0v) is 19.9. The van der Waals surface area contributed by atoms with Crippen molar-refractivity contribution in [1.29, 1.82) is 0 Å². The summed E-state index contributed by atoms with van der Waals surface area (Å²) in [5, 5.41) is 0. The predicted molar refractivity (Wildman–Crippen MR) is 144 cm³/mol. The van der Waals surface area contributed by atoms with Crippen LogP contribution in [0.25, 0.3) is 0 Å². The third-order valence-electron chi connectivity index (χ3n) is 7.46. The monoisotopic (exact) mass is 448 g/mol. The van der Waals surface area contributed by atoms with Crippen molar-refractivity contribution in [3.63, 3.8) is 0 Å². The first-order chi connectivity index (χ1) is 16.7. The Morgan fingerprint density at radius 1 is 0.382 bits per heavy atom. The van der Waals surface area contributed by atoms with Crippen molar-refractivity contribution in [2.24, 2.45) is 11.5 Å². The summed E-state index contributed by atoms with van der Waals surface area (Å²) < 4.78 is 0. The minimum Gasteiger partial charge on any atom is -0.329 e. The number of nitrogens with two attached hydrogens (primary N) is 2. The molecule has 4 N–H and O–H groups in total. The van der Waals surface area contributed by atoms with Crippen LogP contribution in [-0.2, 0) is 10.8 Å². The van der Waals surface area contributed by atoms with E-state index in [2.05, 4.69) is 121 Å². The number of hydrogen-bond acceptors (Lipinski definition) is 2. The van der Waals surface area contributed by atoms with Crippen LogP contribution in [0, 0.1) is 0 Å². The zero-order chi connectivity index (χ0) is 23.7. The third-order valence-corrected chi connectivity index (χ3v) is 7.46. The van der Waals surface area contributed by atoms with Crippen LogP contribution in [0.5, 0.6) is 0 Å². The van der Waals surface area contributed by atoms with Crippen molar-refractivity contribution in [2.75, 3.05) is 13.1 Å². The van der Waals surface area contributed by atoms with Gasteiger partial charge in [0.25, 0.3) is 0 Å². The fraction of sp³-hybridized carbons (Fsp3) is 0.250. The normalized spacial score (nSPS) is 11.9. The average Bonchev–Trinajstić information content (AvgIpc) is 2.93. The van der Waals surface area contributed by atoms with Gasteiger partial charge in [-0.1, -0.05) is 134 Å². The Hall–Kier alpha value is -3.20. The quantitative estimate of drug-likeness (QED) is 0.260. The molecular weight excluding hydrogens is 412 g/mol. The summed E-state index contributed by atoms with van der Waals surface area (Å²) in [5.41, 5.74) is 17.8. The highest BCUT2D eigenvalue weighted by Crippen LogP contribution is 2.40. The first-order valence-corrected chi connectivity index (χ1v) is 12.4. The molecule has 0 saturated carbocycles. The molecule has 0 radical (unpaired) electrons. The van der Waals surface area contributed by atoms with Crippen molar-refractivity contribution < 1.29 is 0 Å². The van der Waals surface area contributed by atoms with Gasteiger partial charge in [0.1, 0.15) is 0 Å². The van der Waals surface area contributed by atoms with E-state index in [1.54, 1.807) is 0 Å². The summed E-state index contributed by atoms with van der Waals surface area (Å²) >= 11 is 0. The zero-order valence-electron chi connectivity index (χ0n) is 19.9. The maximum atomic E-state index is 6.53. The summed E-state index contributed by atoms with van der Waals surface area (Å²) in [5.74, 6) is 0. The first-order valence-electron chi connectivity index (χ1n) is 12.4. The van der Waals surface area contributed by atoms with E-state index in [1.807, 2.05) is 0 Å². The molecule has 0 heterocycles.